The number of carboxylic acids is 1. The Bertz CT molecular complexity index is 1500. The number of carboxylic acid groups (broad SMARTS) is 1. The summed E-state index contributed by atoms with van der Waals surface area (Å²) >= 11 is 0. The Morgan fingerprint density at radius 1 is 1.13 bits per heavy atom. The Labute approximate surface area is 218 Å². The summed E-state index contributed by atoms with van der Waals surface area (Å²) in [4.78, 5) is 37.4. The van der Waals surface area contributed by atoms with Crippen molar-refractivity contribution < 1.29 is 28.6 Å². The van der Waals surface area contributed by atoms with Crippen LogP contribution in [-0.4, -0.2) is 51.7 Å². The highest BCUT2D eigenvalue weighted by molar-refractivity contribution is 5.99. The first-order valence-corrected chi connectivity index (χ1v) is 12.8. The number of benzene rings is 2. The summed E-state index contributed by atoms with van der Waals surface area (Å²) in [5.74, 6) is -1.17. The smallest absolute Gasteiger partial charge is 0.307 e. The zero-order chi connectivity index (χ0) is 26.5. The molecule has 2 aromatic carbocycles. The number of carbonyl (C=O) groups excluding carboxylic acids is 1. The van der Waals surface area contributed by atoms with Crippen LogP contribution in [-0.2, 0) is 16.1 Å². The zero-order valence-corrected chi connectivity index (χ0v) is 20.9. The molecule has 0 saturated carbocycles. The molecule has 5 rings (SSSR count). The standard InChI is InChI=1S/C28H29N3O7/c32-24(16-19(28(34)35)7-11-31-27(33)22-3-1-2-4-23(22)29-30-31)26-17-20-15-21(5-6-25(20)38-26)37-14-10-18-8-12-36-13-9-18/h1-6,15,17-19H,7-14,16H2,(H,34,35). The van der Waals surface area contributed by atoms with Crippen LogP contribution in [0.1, 0.15) is 42.7 Å². The minimum atomic E-state index is -1.13. The molecule has 1 saturated heterocycles. The molecule has 1 unspecified atom stereocenters. The Morgan fingerprint density at radius 3 is 2.76 bits per heavy atom. The number of nitrogens with zero attached hydrogens (tertiary/aromatic N) is 3. The van der Waals surface area contributed by atoms with Gasteiger partial charge in [-0.3, -0.25) is 14.4 Å². The maximum atomic E-state index is 12.9. The zero-order valence-electron chi connectivity index (χ0n) is 20.9. The van der Waals surface area contributed by atoms with Crippen LogP contribution in [0, 0.1) is 11.8 Å². The van der Waals surface area contributed by atoms with Crippen molar-refractivity contribution in [3.8, 4) is 5.75 Å². The van der Waals surface area contributed by atoms with Gasteiger partial charge in [0.05, 0.1) is 17.9 Å². The molecule has 0 aliphatic carbocycles. The molecule has 2 aromatic heterocycles. The molecule has 1 aliphatic heterocycles. The number of carbonyl (C=O) groups is 2. The maximum Gasteiger partial charge on any atom is 0.307 e. The van der Waals surface area contributed by atoms with Gasteiger partial charge in [0.1, 0.15) is 16.8 Å². The first kappa shape index (κ1) is 25.6. The molecule has 1 aliphatic rings. The molecule has 0 spiro atoms. The normalized spacial score (nSPS) is 15.1. The lowest BCUT2D eigenvalue weighted by molar-refractivity contribution is -0.142. The van der Waals surface area contributed by atoms with E-state index in [1.165, 1.54) is 0 Å². The average molecular weight is 520 g/mol. The van der Waals surface area contributed by atoms with Crippen LogP contribution in [0.15, 0.2) is 57.7 Å². The van der Waals surface area contributed by atoms with Crippen molar-refractivity contribution in [1.29, 1.82) is 0 Å². The van der Waals surface area contributed by atoms with Gasteiger partial charge in [0.15, 0.2) is 11.5 Å². The topological polar surface area (TPSA) is 134 Å². The van der Waals surface area contributed by atoms with E-state index in [2.05, 4.69) is 10.3 Å². The van der Waals surface area contributed by atoms with Gasteiger partial charge in [-0.1, -0.05) is 17.3 Å². The lowest BCUT2D eigenvalue weighted by Gasteiger charge is -2.21. The van der Waals surface area contributed by atoms with Gasteiger partial charge in [-0.15, -0.1) is 5.10 Å². The molecule has 0 bridgehead atoms. The number of aliphatic carboxylic acids is 1. The summed E-state index contributed by atoms with van der Waals surface area (Å²) in [6, 6.07) is 13.8. The highest BCUT2D eigenvalue weighted by atomic mass is 16.5. The number of ether oxygens (including phenoxy) is 2. The summed E-state index contributed by atoms with van der Waals surface area (Å²) in [5, 5.41) is 18.7. The molecule has 1 N–H and O–H groups in total. The van der Waals surface area contributed by atoms with E-state index in [0.29, 0.717) is 40.1 Å². The van der Waals surface area contributed by atoms with E-state index in [1.807, 2.05) is 6.07 Å². The predicted octanol–water partition coefficient (Wildman–Crippen LogP) is 4.10. The Balaban J connectivity index is 1.21. The van der Waals surface area contributed by atoms with Crippen molar-refractivity contribution in [2.24, 2.45) is 11.8 Å². The average Bonchev–Trinajstić information content (AvgIpc) is 3.36. The van der Waals surface area contributed by atoms with Gasteiger partial charge >= 0.3 is 5.97 Å². The van der Waals surface area contributed by atoms with Gasteiger partial charge < -0.3 is 19.0 Å². The van der Waals surface area contributed by atoms with Crippen LogP contribution >= 0.6 is 0 Å². The second-order valence-corrected chi connectivity index (χ2v) is 9.59. The first-order valence-electron chi connectivity index (χ1n) is 12.8. The monoisotopic (exact) mass is 519 g/mol. The molecule has 1 fully saturated rings. The van der Waals surface area contributed by atoms with Crippen molar-refractivity contribution in [3.63, 3.8) is 0 Å². The summed E-state index contributed by atoms with van der Waals surface area (Å²) in [6.45, 7) is 2.24. The van der Waals surface area contributed by atoms with Crippen molar-refractivity contribution in [1.82, 2.24) is 15.0 Å². The summed E-state index contributed by atoms with van der Waals surface area (Å²) in [5.41, 5.74) is 0.639. The van der Waals surface area contributed by atoms with Gasteiger partial charge in [0.2, 0.25) is 0 Å². The number of aryl methyl sites for hydroxylation is 1. The second kappa shape index (κ2) is 11.6. The third-order valence-corrected chi connectivity index (χ3v) is 7.00. The number of furan rings is 1. The van der Waals surface area contributed by atoms with E-state index in [-0.39, 0.29) is 30.7 Å². The third kappa shape index (κ3) is 5.91. The highest BCUT2D eigenvalue weighted by Crippen LogP contribution is 2.27. The van der Waals surface area contributed by atoms with Crippen molar-refractivity contribution >= 4 is 33.6 Å². The Kier molecular flexibility index (Phi) is 7.78. The largest absolute Gasteiger partial charge is 0.494 e. The molecule has 10 nitrogen and oxygen atoms in total. The summed E-state index contributed by atoms with van der Waals surface area (Å²) in [6.07, 6.45) is 2.85. The molecule has 0 radical (unpaired) electrons. The number of hydrogen-bond acceptors (Lipinski definition) is 8. The van der Waals surface area contributed by atoms with Gasteiger partial charge in [0.25, 0.3) is 5.56 Å². The van der Waals surface area contributed by atoms with Gasteiger partial charge in [0, 0.05) is 31.6 Å². The van der Waals surface area contributed by atoms with Crippen LogP contribution in [0.4, 0.5) is 0 Å². The van der Waals surface area contributed by atoms with Gasteiger partial charge in [-0.2, -0.15) is 0 Å². The van der Waals surface area contributed by atoms with E-state index in [1.54, 1.807) is 42.5 Å². The fourth-order valence-electron chi connectivity index (χ4n) is 4.71. The fourth-order valence-corrected chi connectivity index (χ4v) is 4.71. The predicted molar refractivity (Wildman–Crippen MR) is 138 cm³/mol. The van der Waals surface area contributed by atoms with Gasteiger partial charge in [-0.25, -0.2) is 4.68 Å². The van der Waals surface area contributed by atoms with Crippen LogP contribution < -0.4 is 10.3 Å². The maximum absolute atomic E-state index is 12.9. The molecular weight excluding hydrogens is 490 g/mol. The summed E-state index contributed by atoms with van der Waals surface area (Å²) < 4.78 is 18.1. The SMILES string of the molecule is O=C(CC(CCn1nnc2ccccc2c1=O)C(=O)O)c1cc2cc(OCCC3CCOCC3)ccc2o1. The fraction of sp³-hybridized carbons (Fsp3) is 0.393. The molecular formula is C28H29N3O7. The molecule has 3 heterocycles. The number of aromatic nitrogens is 3. The van der Waals surface area contributed by atoms with E-state index in [4.69, 9.17) is 13.9 Å². The number of Topliss-reactive ketones (excluding diaryl/α,β-unsaturated/α-hetero) is 1. The first-order chi connectivity index (χ1) is 18.5. The van der Waals surface area contributed by atoms with Gasteiger partial charge in [-0.05, 0) is 68.0 Å². The Morgan fingerprint density at radius 2 is 1.95 bits per heavy atom. The van der Waals surface area contributed by atoms with Crippen LogP contribution in [0.3, 0.4) is 0 Å². The van der Waals surface area contributed by atoms with Crippen LogP contribution in [0.5, 0.6) is 5.75 Å². The second-order valence-electron chi connectivity index (χ2n) is 9.59. The van der Waals surface area contributed by atoms with Crippen molar-refractivity contribution in [2.45, 2.75) is 38.6 Å². The molecule has 198 valence electrons. The molecule has 10 heteroatoms. The molecule has 0 amide bonds. The minimum absolute atomic E-state index is 0.0234. The van der Waals surface area contributed by atoms with E-state index in [9.17, 15) is 19.5 Å². The number of ketones is 1. The quantitative estimate of drug-likeness (QED) is 0.291. The molecule has 4 aromatic rings. The van der Waals surface area contributed by atoms with Crippen molar-refractivity contribution in [3.05, 3.63) is 64.6 Å². The molecule has 1 atom stereocenters. The number of fused-ring (bicyclic) bond motifs is 2. The Hall–Kier alpha value is -4.05. The number of rotatable bonds is 11. The molecule has 38 heavy (non-hydrogen) atoms. The highest BCUT2D eigenvalue weighted by Gasteiger charge is 2.25. The van der Waals surface area contributed by atoms with E-state index >= 15 is 0 Å². The minimum Gasteiger partial charge on any atom is -0.494 e. The third-order valence-electron chi connectivity index (χ3n) is 7.00. The van der Waals surface area contributed by atoms with Crippen molar-refractivity contribution in [2.75, 3.05) is 19.8 Å². The summed E-state index contributed by atoms with van der Waals surface area (Å²) in [7, 11) is 0. The lowest BCUT2D eigenvalue weighted by Crippen LogP contribution is -2.27. The van der Waals surface area contributed by atoms with Crippen LogP contribution in [0.25, 0.3) is 21.9 Å². The lowest BCUT2D eigenvalue weighted by atomic mass is 9.97. The van der Waals surface area contributed by atoms with E-state index < -0.39 is 17.7 Å². The number of hydrogen-bond donors (Lipinski definition) is 1. The van der Waals surface area contributed by atoms with E-state index in [0.717, 1.165) is 37.2 Å². The van der Waals surface area contributed by atoms with Crippen LogP contribution in [0.2, 0.25) is 0 Å².